The van der Waals surface area contributed by atoms with Crippen LogP contribution in [0.1, 0.15) is 44.9 Å². The van der Waals surface area contributed by atoms with Gasteiger partial charge in [-0.15, -0.1) is 11.3 Å². The number of aliphatic hydroxyl groups excluding tert-OH is 1. The van der Waals surface area contributed by atoms with Gasteiger partial charge in [0.1, 0.15) is 6.23 Å². The van der Waals surface area contributed by atoms with E-state index in [2.05, 4.69) is 48.5 Å². The molecule has 3 N–H and O–H groups in total. The summed E-state index contributed by atoms with van der Waals surface area (Å²) in [6.45, 7) is 9.52. The van der Waals surface area contributed by atoms with Crippen LogP contribution in [0.5, 0.6) is 0 Å². The van der Waals surface area contributed by atoms with Crippen LogP contribution in [0.2, 0.25) is 0 Å². The lowest BCUT2D eigenvalue weighted by atomic mass is 9.85. The molecule has 0 radical (unpaired) electrons. The number of likely N-dealkylation sites (N-methyl/N-ethyl adjacent to an activating group) is 1. The summed E-state index contributed by atoms with van der Waals surface area (Å²) in [6.07, 6.45) is 0.987. The van der Waals surface area contributed by atoms with Gasteiger partial charge in [-0.25, -0.2) is 4.98 Å². The van der Waals surface area contributed by atoms with E-state index in [-0.39, 0.29) is 23.4 Å². The minimum atomic E-state index is -0.699. The quantitative estimate of drug-likeness (QED) is 0.629. The molecule has 3 rings (SSSR count). The van der Waals surface area contributed by atoms with Crippen molar-refractivity contribution < 1.29 is 9.90 Å². The number of carbonyl (C=O) groups excluding carboxylic acids is 1. The van der Waals surface area contributed by atoms with Gasteiger partial charge in [0.05, 0.1) is 28.2 Å². The number of likely N-dealkylation sites (tertiary alicyclic amines) is 1. The van der Waals surface area contributed by atoms with Crippen molar-refractivity contribution in [1.29, 1.82) is 0 Å². The molecule has 1 fully saturated rings. The Morgan fingerprint density at radius 3 is 2.60 bits per heavy atom. The van der Waals surface area contributed by atoms with E-state index in [0.717, 1.165) is 36.2 Å². The summed E-state index contributed by atoms with van der Waals surface area (Å²) in [5.74, 6) is -0.0160. The van der Waals surface area contributed by atoms with E-state index in [1.54, 1.807) is 11.3 Å². The number of rotatable bonds is 7. The molecule has 0 aliphatic carbocycles. The van der Waals surface area contributed by atoms with Crippen LogP contribution in [0.4, 0.5) is 0 Å². The molecule has 1 aliphatic rings. The minimum absolute atomic E-state index is 0.0160. The molecule has 0 bridgehead atoms. The first-order chi connectivity index (χ1) is 14.2. The van der Waals surface area contributed by atoms with Gasteiger partial charge < -0.3 is 15.7 Å². The number of benzene rings is 1. The molecule has 0 spiro atoms. The van der Waals surface area contributed by atoms with Crippen molar-refractivity contribution in [3.05, 3.63) is 41.0 Å². The number of nitrogens with zero attached hydrogens (tertiary/aromatic N) is 2. The van der Waals surface area contributed by atoms with Crippen molar-refractivity contribution in [2.45, 2.75) is 65.4 Å². The third-order valence-electron chi connectivity index (χ3n) is 5.91. The van der Waals surface area contributed by atoms with Gasteiger partial charge in [-0.2, -0.15) is 0 Å². The van der Waals surface area contributed by atoms with Crippen LogP contribution in [-0.2, 0) is 11.3 Å². The number of thiazole rings is 1. The molecule has 2 aromatic rings. The summed E-state index contributed by atoms with van der Waals surface area (Å²) in [5.41, 5.74) is 4.99. The number of aliphatic hydroxyl groups is 1. The third kappa shape index (κ3) is 5.09. The molecule has 1 aliphatic heterocycles. The molecule has 3 atom stereocenters. The van der Waals surface area contributed by atoms with Gasteiger partial charge in [0, 0.05) is 13.1 Å². The monoisotopic (exact) mass is 430 g/mol. The maximum atomic E-state index is 12.9. The average Bonchev–Trinajstić information content (AvgIpc) is 3.35. The predicted octanol–water partition coefficient (Wildman–Crippen LogP) is 3.15. The van der Waals surface area contributed by atoms with Gasteiger partial charge in [0.15, 0.2) is 0 Å². The van der Waals surface area contributed by atoms with Crippen molar-refractivity contribution in [1.82, 2.24) is 20.5 Å². The summed E-state index contributed by atoms with van der Waals surface area (Å²) < 4.78 is 0. The molecule has 1 saturated heterocycles. The fraction of sp³-hybridized carbons (Fsp3) is 0.565. The van der Waals surface area contributed by atoms with Crippen LogP contribution in [0.15, 0.2) is 29.8 Å². The zero-order valence-electron chi connectivity index (χ0n) is 18.6. The highest BCUT2D eigenvalue weighted by Crippen LogP contribution is 2.29. The lowest BCUT2D eigenvalue weighted by Crippen LogP contribution is -2.58. The fourth-order valence-corrected chi connectivity index (χ4v) is 5.08. The van der Waals surface area contributed by atoms with E-state index in [1.165, 1.54) is 4.88 Å². The Morgan fingerprint density at radius 1 is 1.33 bits per heavy atom. The fourth-order valence-electron chi connectivity index (χ4n) is 4.27. The van der Waals surface area contributed by atoms with E-state index in [0.29, 0.717) is 6.54 Å². The molecule has 164 valence electrons. The van der Waals surface area contributed by atoms with Gasteiger partial charge in [-0.3, -0.25) is 9.69 Å². The highest BCUT2D eigenvalue weighted by atomic mass is 32.1. The number of hydrogen-bond donors (Lipinski definition) is 3. The lowest BCUT2D eigenvalue weighted by Gasteiger charge is -2.40. The second-order valence-electron chi connectivity index (χ2n) is 9.12. The van der Waals surface area contributed by atoms with Gasteiger partial charge in [0.25, 0.3) is 0 Å². The zero-order valence-corrected chi connectivity index (χ0v) is 19.4. The van der Waals surface area contributed by atoms with Crippen LogP contribution in [-0.4, -0.2) is 52.8 Å². The summed E-state index contributed by atoms with van der Waals surface area (Å²) >= 11 is 1.64. The Hall–Kier alpha value is -1.80. The Kier molecular flexibility index (Phi) is 7.29. The average molecular weight is 431 g/mol. The zero-order chi connectivity index (χ0) is 21.9. The normalized spacial score (nSPS) is 19.6. The van der Waals surface area contributed by atoms with E-state index in [9.17, 15) is 9.90 Å². The van der Waals surface area contributed by atoms with Crippen LogP contribution in [0.25, 0.3) is 10.4 Å². The highest BCUT2D eigenvalue weighted by molar-refractivity contribution is 7.13. The van der Waals surface area contributed by atoms with Crippen molar-refractivity contribution >= 4 is 17.2 Å². The molecule has 1 unspecified atom stereocenters. The summed E-state index contributed by atoms with van der Waals surface area (Å²) in [5, 5.41) is 17.3. The van der Waals surface area contributed by atoms with E-state index in [1.807, 2.05) is 36.5 Å². The number of carbonyl (C=O) groups is 1. The Bertz CT molecular complexity index is 844. The number of nitrogens with one attached hydrogen (secondary N) is 2. The summed E-state index contributed by atoms with van der Waals surface area (Å²) in [7, 11) is 1.86. The SMILES string of the molecule is CN[C@H](C(O)N1CCC[C@H]1C(=O)NCc1ccc(-c2scnc2C)cc1)C(C)(C)C. The number of amides is 1. The maximum Gasteiger partial charge on any atom is 0.237 e. The van der Waals surface area contributed by atoms with E-state index < -0.39 is 6.23 Å². The summed E-state index contributed by atoms with van der Waals surface area (Å²) in [6, 6.07) is 7.84. The highest BCUT2D eigenvalue weighted by Gasteiger charge is 2.40. The van der Waals surface area contributed by atoms with E-state index >= 15 is 0 Å². The van der Waals surface area contributed by atoms with Crippen molar-refractivity contribution in [3.8, 4) is 10.4 Å². The predicted molar refractivity (Wildman–Crippen MR) is 122 cm³/mol. The number of hydrogen-bond acceptors (Lipinski definition) is 6. The summed E-state index contributed by atoms with van der Waals surface area (Å²) in [4.78, 5) is 20.3. The largest absolute Gasteiger partial charge is 0.377 e. The third-order valence-corrected chi connectivity index (χ3v) is 6.88. The molecule has 1 aromatic heterocycles. The van der Waals surface area contributed by atoms with E-state index in [4.69, 9.17) is 0 Å². The maximum absolute atomic E-state index is 12.9. The topological polar surface area (TPSA) is 77.5 Å². The van der Waals surface area contributed by atoms with Crippen molar-refractivity contribution in [3.63, 3.8) is 0 Å². The molecular formula is C23H34N4O2S. The van der Waals surface area contributed by atoms with Gasteiger partial charge >= 0.3 is 0 Å². The van der Waals surface area contributed by atoms with Crippen molar-refractivity contribution in [2.24, 2.45) is 5.41 Å². The van der Waals surface area contributed by atoms with Crippen molar-refractivity contribution in [2.75, 3.05) is 13.6 Å². The Labute approximate surface area is 183 Å². The Morgan fingerprint density at radius 2 is 2.03 bits per heavy atom. The first kappa shape index (κ1) is 22.9. The second kappa shape index (κ2) is 9.56. The molecule has 1 amide bonds. The molecule has 2 heterocycles. The van der Waals surface area contributed by atoms with Crippen LogP contribution >= 0.6 is 11.3 Å². The number of aryl methyl sites for hydroxylation is 1. The molecule has 0 saturated carbocycles. The molecule has 30 heavy (non-hydrogen) atoms. The van der Waals surface area contributed by atoms with Crippen LogP contribution in [0.3, 0.4) is 0 Å². The van der Waals surface area contributed by atoms with Gasteiger partial charge in [0.2, 0.25) is 5.91 Å². The Balaban J connectivity index is 1.60. The second-order valence-corrected chi connectivity index (χ2v) is 9.98. The minimum Gasteiger partial charge on any atom is -0.377 e. The lowest BCUT2D eigenvalue weighted by molar-refractivity contribution is -0.132. The first-order valence-corrected chi connectivity index (χ1v) is 11.5. The molecule has 7 heteroatoms. The number of aromatic nitrogens is 1. The van der Waals surface area contributed by atoms with Crippen LogP contribution in [0, 0.1) is 12.3 Å². The van der Waals surface area contributed by atoms with Crippen LogP contribution < -0.4 is 10.6 Å². The van der Waals surface area contributed by atoms with Gasteiger partial charge in [-0.05, 0) is 43.4 Å². The first-order valence-electron chi connectivity index (χ1n) is 10.6. The molecule has 1 aromatic carbocycles. The molecular weight excluding hydrogens is 396 g/mol. The molecule has 6 nitrogen and oxygen atoms in total. The standard InChI is InChI=1S/C23H34N4O2S/c1-15-19(30-14-26-15)17-10-8-16(9-11-17)13-25-21(28)18-7-6-12-27(18)22(29)20(24-5)23(2,3)4/h8-11,14,18,20,22,24,29H,6-7,12-13H2,1-5H3,(H,25,28)/t18-,20+,22?/m0/s1. The van der Waals surface area contributed by atoms with Gasteiger partial charge in [-0.1, -0.05) is 45.0 Å². The smallest absolute Gasteiger partial charge is 0.237 e.